The molecular formula is C17H26N2O3S. The van der Waals surface area contributed by atoms with E-state index < -0.39 is 5.41 Å². The summed E-state index contributed by atoms with van der Waals surface area (Å²) in [5, 5.41) is 7.25. The lowest BCUT2D eigenvalue weighted by Crippen LogP contribution is -2.52. The number of aromatic nitrogens is 1. The molecule has 1 N–H and O–H groups in total. The van der Waals surface area contributed by atoms with Gasteiger partial charge in [-0.25, -0.2) is 0 Å². The molecule has 2 aliphatic rings. The van der Waals surface area contributed by atoms with Crippen LogP contribution < -0.4 is 5.32 Å². The molecule has 2 saturated heterocycles. The number of carbonyl (C=O) groups is 1. The molecule has 5 nitrogen and oxygen atoms in total. The summed E-state index contributed by atoms with van der Waals surface area (Å²) in [5.74, 6) is 2.97. The third-order valence-electron chi connectivity index (χ3n) is 5.12. The molecule has 0 aromatic carbocycles. The van der Waals surface area contributed by atoms with Crippen molar-refractivity contribution < 1.29 is 14.1 Å². The first kappa shape index (κ1) is 16.8. The monoisotopic (exact) mass is 338 g/mol. The summed E-state index contributed by atoms with van der Waals surface area (Å²) in [4.78, 5) is 12.9. The number of nitrogens with one attached hydrogen (secondary N) is 1. The van der Waals surface area contributed by atoms with Gasteiger partial charge in [0, 0.05) is 24.0 Å². The fourth-order valence-corrected chi connectivity index (χ4v) is 5.25. The summed E-state index contributed by atoms with van der Waals surface area (Å²) < 4.78 is 11.3. The molecule has 23 heavy (non-hydrogen) atoms. The van der Waals surface area contributed by atoms with Gasteiger partial charge in [0.1, 0.15) is 5.76 Å². The van der Waals surface area contributed by atoms with Crippen LogP contribution in [0, 0.1) is 13.8 Å². The highest BCUT2D eigenvalue weighted by Crippen LogP contribution is 2.38. The second-order valence-corrected chi connectivity index (χ2v) is 8.43. The van der Waals surface area contributed by atoms with Crippen molar-refractivity contribution in [3.8, 4) is 0 Å². The molecule has 3 heterocycles. The second kappa shape index (κ2) is 6.13. The lowest BCUT2D eigenvalue weighted by atomic mass is 9.81. The maximum Gasteiger partial charge on any atom is 0.230 e. The van der Waals surface area contributed by atoms with E-state index in [0.717, 1.165) is 54.4 Å². The van der Waals surface area contributed by atoms with Crippen molar-refractivity contribution in [2.45, 2.75) is 64.0 Å². The third kappa shape index (κ3) is 3.15. The minimum Gasteiger partial charge on any atom is -0.374 e. The maximum atomic E-state index is 12.9. The zero-order valence-electron chi connectivity index (χ0n) is 14.4. The highest BCUT2D eigenvalue weighted by Gasteiger charge is 2.42. The van der Waals surface area contributed by atoms with Crippen molar-refractivity contribution in [3.63, 3.8) is 0 Å². The van der Waals surface area contributed by atoms with Crippen LogP contribution in [0.4, 0.5) is 0 Å². The fourth-order valence-electron chi connectivity index (χ4n) is 3.87. The summed E-state index contributed by atoms with van der Waals surface area (Å²) in [6, 6.07) is 0.190. The molecule has 1 amide bonds. The predicted octanol–water partition coefficient (Wildman–Crippen LogP) is 2.74. The van der Waals surface area contributed by atoms with Crippen molar-refractivity contribution in [1.82, 2.24) is 10.5 Å². The van der Waals surface area contributed by atoms with Gasteiger partial charge in [0.05, 0.1) is 16.7 Å². The van der Waals surface area contributed by atoms with E-state index in [4.69, 9.17) is 9.26 Å². The van der Waals surface area contributed by atoms with Crippen LogP contribution in [0.5, 0.6) is 0 Å². The van der Waals surface area contributed by atoms with Crippen LogP contribution in [0.2, 0.25) is 0 Å². The van der Waals surface area contributed by atoms with E-state index in [2.05, 4.69) is 10.5 Å². The van der Waals surface area contributed by atoms with Gasteiger partial charge < -0.3 is 14.6 Å². The van der Waals surface area contributed by atoms with Gasteiger partial charge in [-0.15, -0.1) is 0 Å². The van der Waals surface area contributed by atoms with Crippen molar-refractivity contribution in [2.75, 3.05) is 18.1 Å². The average Bonchev–Trinajstić information content (AvgIpc) is 3.06. The van der Waals surface area contributed by atoms with Gasteiger partial charge in [-0.2, -0.15) is 11.8 Å². The summed E-state index contributed by atoms with van der Waals surface area (Å²) in [6.45, 7) is 8.37. The van der Waals surface area contributed by atoms with E-state index in [1.165, 1.54) is 0 Å². The van der Waals surface area contributed by atoms with E-state index in [-0.39, 0.29) is 17.6 Å². The molecule has 2 atom stereocenters. The third-order valence-corrected chi connectivity index (χ3v) is 6.34. The Labute approximate surface area is 141 Å². The Balaban J connectivity index is 1.71. The first-order chi connectivity index (χ1) is 10.8. The summed E-state index contributed by atoms with van der Waals surface area (Å²) in [7, 11) is 0. The first-order valence-corrected chi connectivity index (χ1v) is 9.46. The number of rotatable bonds is 3. The van der Waals surface area contributed by atoms with Gasteiger partial charge in [0.15, 0.2) is 0 Å². The van der Waals surface area contributed by atoms with Gasteiger partial charge in [-0.3, -0.25) is 4.79 Å². The van der Waals surface area contributed by atoms with E-state index >= 15 is 0 Å². The number of hydrogen-bond acceptors (Lipinski definition) is 5. The highest BCUT2D eigenvalue weighted by molar-refractivity contribution is 7.99. The lowest BCUT2D eigenvalue weighted by molar-refractivity contribution is -0.129. The highest BCUT2D eigenvalue weighted by atomic mass is 32.2. The molecule has 2 fully saturated rings. The molecular weight excluding hydrogens is 312 g/mol. The van der Waals surface area contributed by atoms with Crippen LogP contribution in [-0.4, -0.2) is 40.8 Å². The quantitative estimate of drug-likeness (QED) is 0.918. The van der Waals surface area contributed by atoms with E-state index in [9.17, 15) is 4.79 Å². The predicted molar refractivity (Wildman–Crippen MR) is 90.8 cm³/mol. The largest absolute Gasteiger partial charge is 0.374 e. The van der Waals surface area contributed by atoms with Crippen LogP contribution in [0.25, 0.3) is 0 Å². The van der Waals surface area contributed by atoms with Gasteiger partial charge in [-0.1, -0.05) is 5.16 Å². The molecule has 6 heteroatoms. The minimum atomic E-state index is -0.649. The molecule has 1 aromatic heterocycles. The zero-order valence-corrected chi connectivity index (χ0v) is 15.2. The van der Waals surface area contributed by atoms with E-state index in [1.807, 2.05) is 39.5 Å². The van der Waals surface area contributed by atoms with Crippen molar-refractivity contribution >= 4 is 17.7 Å². The Bertz CT molecular complexity index is 571. The lowest BCUT2D eigenvalue weighted by Gasteiger charge is -2.39. The molecule has 0 radical (unpaired) electrons. The number of nitrogens with zero attached hydrogens (tertiary/aromatic N) is 1. The van der Waals surface area contributed by atoms with E-state index in [0.29, 0.717) is 0 Å². The molecule has 3 rings (SSSR count). The Morgan fingerprint density at radius 3 is 2.83 bits per heavy atom. The molecule has 1 aromatic rings. The molecule has 128 valence electrons. The molecule has 1 spiro atoms. The van der Waals surface area contributed by atoms with Crippen molar-refractivity contribution in [3.05, 3.63) is 17.0 Å². The smallest absolute Gasteiger partial charge is 0.230 e. The minimum absolute atomic E-state index is 0.0198. The zero-order chi connectivity index (χ0) is 16.7. The van der Waals surface area contributed by atoms with Gasteiger partial charge in [0.2, 0.25) is 5.91 Å². The van der Waals surface area contributed by atoms with E-state index in [1.54, 1.807) is 0 Å². The summed E-state index contributed by atoms with van der Waals surface area (Å²) in [5.41, 5.74) is 1.02. The van der Waals surface area contributed by atoms with Gasteiger partial charge >= 0.3 is 0 Å². The number of amides is 1. The van der Waals surface area contributed by atoms with Crippen molar-refractivity contribution in [2.24, 2.45) is 0 Å². The Morgan fingerprint density at radius 1 is 1.43 bits per heavy atom. The summed E-state index contributed by atoms with van der Waals surface area (Å²) in [6.07, 6.45) is 2.90. The fraction of sp³-hybridized carbons (Fsp3) is 0.765. The number of hydrogen-bond donors (Lipinski definition) is 1. The van der Waals surface area contributed by atoms with Crippen LogP contribution in [-0.2, 0) is 14.9 Å². The Morgan fingerprint density at radius 2 is 2.22 bits per heavy atom. The van der Waals surface area contributed by atoms with Gasteiger partial charge in [0.25, 0.3) is 0 Å². The normalized spacial score (nSPS) is 28.3. The Kier molecular flexibility index (Phi) is 4.49. The molecule has 0 aliphatic carbocycles. The number of carbonyl (C=O) groups excluding carboxylic acids is 1. The average molecular weight is 338 g/mol. The number of ether oxygens (including phenoxy) is 1. The van der Waals surface area contributed by atoms with Crippen LogP contribution in [0.3, 0.4) is 0 Å². The number of aryl methyl sites for hydroxylation is 2. The second-order valence-electron chi connectivity index (χ2n) is 7.32. The standard InChI is InChI=1S/C17H26N2O3S/c1-11-14(12(2)22-19-11)16(3,4)15(20)18-13-5-7-21-17(9-13)6-8-23-10-17/h13H,5-10H2,1-4H3,(H,18,20)/t13-,17-/m0/s1. The van der Waals surface area contributed by atoms with Crippen molar-refractivity contribution in [1.29, 1.82) is 0 Å². The molecule has 0 bridgehead atoms. The summed E-state index contributed by atoms with van der Waals surface area (Å²) >= 11 is 1.95. The topological polar surface area (TPSA) is 64.4 Å². The SMILES string of the molecule is Cc1noc(C)c1C(C)(C)C(=O)N[C@H]1CCO[C@@]2(CCSC2)C1. The maximum absolute atomic E-state index is 12.9. The van der Waals surface area contributed by atoms with Crippen LogP contribution >= 0.6 is 11.8 Å². The Hall–Kier alpha value is -1.01. The molecule has 0 saturated carbocycles. The molecule has 2 aliphatic heterocycles. The molecule has 0 unspecified atom stereocenters. The van der Waals surface area contributed by atoms with Crippen LogP contribution in [0.15, 0.2) is 4.52 Å². The van der Waals surface area contributed by atoms with Crippen LogP contribution in [0.1, 0.15) is 50.1 Å². The van der Waals surface area contributed by atoms with Gasteiger partial charge in [-0.05, 0) is 52.7 Å². The first-order valence-electron chi connectivity index (χ1n) is 8.30. The number of thioether (sulfide) groups is 1.